The van der Waals surface area contributed by atoms with Gasteiger partial charge in [-0.05, 0) is 31.9 Å². The van der Waals surface area contributed by atoms with Gasteiger partial charge in [0.2, 0.25) is 0 Å². The van der Waals surface area contributed by atoms with E-state index in [4.69, 9.17) is 0 Å². The van der Waals surface area contributed by atoms with Crippen LogP contribution in [-0.4, -0.2) is 6.04 Å². The van der Waals surface area contributed by atoms with Crippen LogP contribution in [0.3, 0.4) is 0 Å². The topological polar surface area (TPSA) is 12.0 Å². The van der Waals surface area contributed by atoms with Gasteiger partial charge >= 0.3 is 0 Å². The first-order valence-electron chi connectivity index (χ1n) is 5.53. The van der Waals surface area contributed by atoms with Gasteiger partial charge in [-0.15, -0.1) is 0 Å². The second-order valence-electron chi connectivity index (χ2n) is 4.16. The number of benzene rings is 1. The average Bonchev–Trinajstić information content (AvgIpc) is 2.70. The molecular formula is C13H15F2N. The van der Waals surface area contributed by atoms with E-state index in [2.05, 4.69) is 17.5 Å². The molecule has 1 aliphatic carbocycles. The summed E-state index contributed by atoms with van der Waals surface area (Å²) in [5.41, 5.74) is 0.134. The molecule has 1 aliphatic rings. The molecule has 86 valence electrons. The third-order valence-corrected chi connectivity index (χ3v) is 2.93. The van der Waals surface area contributed by atoms with Gasteiger partial charge in [0.25, 0.3) is 0 Å². The summed E-state index contributed by atoms with van der Waals surface area (Å²) in [6, 6.07) is 3.98. The minimum Gasteiger partial charge on any atom is -0.307 e. The summed E-state index contributed by atoms with van der Waals surface area (Å²) in [6.07, 6.45) is 6.03. The molecule has 0 saturated carbocycles. The third kappa shape index (κ3) is 2.30. The normalized spacial score (nSPS) is 17.9. The smallest absolute Gasteiger partial charge is 0.130 e. The number of hydrogen-bond acceptors (Lipinski definition) is 1. The highest BCUT2D eigenvalue weighted by molar-refractivity contribution is 5.23. The van der Waals surface area contributed by atoms with E-state index in [9.17, 15) is 8.78 Å². The van der Waals surface area contributed by atoms with E-state index in [0.29, 0.717) is 6.04 Å². The van der Waals surface area contributed by atoms with Gasteiger partial charge < -0.3 is 5.32 Å². The predicted molar refractivity (Wildman–Crippen MR) is 60.1 cm³/mol. The molecular weight excluding hydrogens is 208 g/mol. The first kappa shape index (κ1) is 11.3. The van der Waals surface area contributed by atoms with Gasteiger partial charge in [-0.1, -0.05) is 18.2 Å². The summed E-state index contributed by atoms with van der Waals surface area (Å²) in [6.45, 7) is 1.79. The van der Waals surface area contributed by atoms with Crippen molar-refractivity contribution in [3.63, 3.8) is 0 Å². The Kier molecular flexibility index (Phi) is 3.34. The van der Waals surface area contributed by atoms with Crippen LogP contribution in [0.25, 0.3) is 0 Å². The maximum Gasteiger partial charge on any atom is 0.130 e. The highest BCUT2D eigenvalue weighted by Crippen LogP contribution is 2.22. The van der Waals surface area contributed by atoms with Crippen molar-refractivity contribution >= 4 is 0 Å². The van der Waals surface area contributed by atoms with E-state index >= 15 is 0 Å². The Morgan fingerprint density at radius 2 is 1.75 bits per heavy atom. The molecule has 0 bridgehead atoms. The summed E-state index contributed by atoms with van der Waals surface area (Å²) >= 11 is 0. The summed E-state index contributed by atoms with van der Waals surface area (Å²) in [5, 5.41) is 3.23. The second-order valence-corrected chi connectivity index (χ2v) is 4.16. The van der Waals surface area contributed by atoms with Gasteiger partial charge in [0, 0.05) is 17.6 Å². The summed E-state index contributed by atoms with van der Waals surface area (Å²) in [7, 11) is 0. The largest absolute Gasteiger partial charge is 0.307 e. The van der Waals surface area contributed by atoms with Crippen molar-refractivity contribution in [1.82, 2.24) is 5.32 Å². The zero-order valence-corrected chi connectivity index (χ0v) is 9.21. The van der Waals surface area contributed by atoms with Crippen LogP contribution < -0.4 is 5.32 Å². The van der Waals surface area contributed by atoms with Gasteiger partial charge in [0.15, 0.2) is 0 Å². The molecule has 1 aromatic rings. The lowest BCUT2D eigenvalue weighted by atomic mass is 10.1. The van der Waals surface area contributed by atoms with E-state index in [-0.39, 0.29) is 11.6 Å². The molecule has 0 aromatic heterocycles. The fraction of sp³-hybridized carbons (Fsp3) is 0.385. The van der Waals surface area contributed by atoms with E-state index in [1.807, 2.05) is 0 Å². The summed E-state index contributed by atoms with van der Waals surface area (Å²) in [5.74, 6) is -0.961. The van der Waals surface area contributed by atoms with Crippen LogP contribution in [-0.2, 0) is 0 Å². The van der Waals surface area contributed by atoms with Crippen molar-refractivity contribution in [3.05, 3.63) is 47.5 Å². The van der Waals surface area contributed by atoms with Gasteiger partial charge in [0.05, 0.1) is 0 Å². The monoisotopic (exact) mass is 223 g/mol. The van der Waals surface area contributed by atoms with Crippen molar-refractivity contribution in [3.8, 4) is 0 Å². The summed E-state index contributed by atoms with van der Waals surface area (Å²) < 4.78 is 27.0. The number of nitrogens with one attached hydrogen (secondary N) is 1. The lowest BCUT2D eigenvalue weighted by molar-refractivity contribution is 0.436. The van der Waals surface area contributed by atoms with E-state index in [1.165, 1.54) is 18.2 Å². The van der Waals surface area contributed by atoms with Crippen LogP contribution in [0.4, 0.5) is 8.78 Å². The Morgan fingerprint density at radius 3 is 2.31 bits per heavy atom. The number of halogens is 2. The van der Waals surface area contributed by atoms with Crippen LogP contribution in [0, 0.1) is 11.6 Å². The quantitative estimate of drug-likeness (QED) is 0.775. The molecule has 0 radical (unpaired) electrons. The Balaban J connectivity index is 2.10. The molecule has 2 rings (SSSR count). The summed E-state index contributed by atoms with van der Waals surface area (Å²) in [4.78, 5) is 0. The van der Waals surface area contributed by atoms with Gasteiger partial charge in [-0.25, -0.2) is 8.78 Å². The molecule has 1 nitrogen and oxygen atoms in total. The minimum atomic E-state index is -0.481. The lowest BCUT2D eigenvalue weighted by Gasteiger charge is -2.20. The first-order chi connectivity index (χ1) is 7.68. The standard InChI is InChI=1S/C13H15F2N/c1-9(16-10-5-2-3-6-10)13-11(14)7-4-8-12(13)15/h2-4,7-10,16H,5-6H2,1H3. The Hall–Kier alpha value is -1.22. The number of rotatable bonds is 3. The molecule has 3 heteroatoms. The number of hydrogen-bond donors (Lipinski definition) is 1. The fourth-order valence-electron chi connectivity index (χ4n) is 2.11. The van der Waals surface area contributed by atoms with Crippen LogP contribution >= 0.6 is 0 Å². The van der Waals surface area contributed by atoms with Crippen LogP contribution in [0.15, 0.2) is 30.4 Å². The molecule has 0 heterocycles. The van der Waals surface area contributed by atoms with Crippen molar-refractivity contribution in [2.24, 2.45) is 0 Å². The molecule has 0 aliphatic heterocycles. The molecule has 0 spiro atoms. The Labute approximate surface area is 94.2 Å². The van der Waals surface area contributed by atoms with Crippen molar-refractivity contribution in [2.75, 3.05) is 0 Å². The first-order valence-corrected chi connectivity index (χ1v) is 5.53. The van der Waals surface area contributed by atoms with Gasteiger partial charge in [-0.3, -0.25) is 0 Å². The van der Waals surface area contributed by atoms with E-state index < -0.39 is 11.6 Å². The van der Waals surface area contributed by atoms with Crippen LogP contribution in [0.1, 0.15) is 31.4 Å². The van der Waals surface area contributed by atoms with Crippen molar-refractivity contribution < 1.29 is 8.78 Å². The Bertz CT molecular complexity index is 373. The Morgan fingerprint density at radius 1 is 1.19 bits per heavy atom. The van der Waals surface area contributed by atoms with Crippen molar-refractivity contribution in [2.45, 2.75) is 31.8 Å². The molecule has 16 heavy (non-hydrogen) atoms. The molecule has 1 unspecified atom stereocenters. The highest BCUT2D eigenvalue weighted by Gasteiger charge is 2.19. The SMILES string of the molecule is CC(NC1CC=CC1)c1c(F)cccc1F. The predicted octanol–water partition coefficient (Wildman–Crippen LogP) is 3.33. The molecule has 0 saturated heterocycles. The molecule has 0 fully saturated rings. The van der Waals surface area contributed by atoms with E-state index in [0.717, 1.165) is 12.8 Å². The average molecular weight is 223 g/mol. The van der Waals surface area contributed by atoms with E-state index in [1.54, 1.807) is 6.92 Å². The van der Waals surface area contributed by atoms with Crippen LogP contribution in [0.2, 0.25) is 0 Å². The van der Waals surface area contributed by atoms with Crippen LogP contribution in [0.5, 0.6) is 0 Å². The zero-order valence-electron chi connectivity index (χ0n) is 9.21. The molecule has 0 amide bonds. The molecule has 1 atom stereocenters. The van der Waals surface area contributed by atoms with Gasteiger partial charge in [0.1, 0.15) is 11.6 Å². The fourth-order valence-corrected chi connectivity index (χ4v) is 2.11. The van der Waals surface area contributed by atoms with Crippen molar-refractivity contribution in [1.29, 1.82) is 0 Å². The highest BCUT2D eigenvalue weighted by atomic mass is 19.1. The molecule has 1 aromatic carbocycles. The second kappa shape index (κ2) is 4.74. The maximum atomic E-state index is 13.5. The third-order valence-electron chi connectivity index (χ3n) is 2.93. The lowest BCUT2D eigenvalue weighted by Crippen LogP contribution is -2.30. The van der Waals surface area contributed by atoms with Gasteiger partial charge in [-0.2, -0.15) is 0 Å². The maximum absolute atomic E-state index is 13.5. The zero-order chi connectivity index (χ0) is 11.5. The minimum absolute atomic E-state index is 0.134. The molecule has 1 N–H and O–H groups in total.